The van der Waals surface area contributed by atoms with Gasteiger partial charge < -0.3 is 10.1 Å². The van der Waals surface area contributed by atoms with E-state index in [2.05, 4.69) is 27.3 Å². The van der Waals surface area contributed by atoms with Crippen molar-refractivity contribution in [3.8, 4) is 5.75 Å². The van der Waals surface area contributed by atoms with Gasteiger partial charge >= 0.3 is 0 Å². The Labute approximate surface area is 136 Å². The molecular formula is C17H15BrFNO2. The van der Waals surface area contributed by atoms with Crippen LogP contribution in [0.15, 0.2) is 40.9 Å². The first-order valence-corrected chi connectivity index (χ1v) is 7.80. The summed E-state index contributed by atoms with van der Waals surface area (Å²) >= 11 is 3.45. The Kier molecular flexibility index (Phi) is 4.16. The van der Waals surface area contributed by atoms with Gasteiger partial charge in [-0.3, -0.25) is 4.79 Å². The van der Waals surface area contributed by atoms with Crippen LogP contribution in [0.1, 0.15) is 33.9 Å². The van der Waals surface area contributed by atoms with Gasteiger partial charge in [0, 0.05) is 4.47 Å². The van der Waals surface area contributed by atoms with Crippen LogP contribution in [0.5, 0.6) is 5.75 Å². The van der Waals surface area contributed by atoms with Crippen LogP contribution < -0.4 is 10.1 Å². The number of aryl methyl sites for hydroxylation is 1. The number of hydrogen-bond donors (Lipinski definition) is 1. The highest BCUT2D eigenvalue weighted by molar-refractivity contribution is 9.10. The number of carbonyl (C=O) groups is 1. The van der Waals surface area contributed by atoms with Gasteiger partial charge in [-0.15, -0.1) is 0 Å². The van der Waals surface area contributed by atoms with Crippen molar-refractivity contribution in [3.63, 3.8) is 0 Å². The molecule has 2 aromatic rings. The summed E-state index contributed by atoms with van der Waals surface area (Å²) in [5, 5.41) is 2.97. The highest BCUT2D eigenvalue weighted by Gasteiger charge is 2.25. The zero-order valence-electron chi connectivity index (χ0n) is 12.0. The molecule has 3 rings (SSSR count). The van der Waals surface area contributed by atoms with E-state index in [0.29, 0.717) is 5.75 Å². The molecule has 114 valence electrons. The zero-order chi connectivity index (χ0) is 15.7. The maximum Gasteiger partial charge on any atom is 0.255 e. The molecule has 0 spiro atoms. The number of rotatable bonds is 3. The molecule has 1 atom stereocenters. The fourth-order valence-electron chi connectivity index (χ4n) is 2.83. The van der Waals surface area contributed by atoms with E-state index in [-0.39, 0.29) is 17.5 Å². The minimum absolute atomic E-state index is 0.0522. The molecular weight excluding hydrogens is 349 g/mol. The van der Waals surface area contributed by atoms with Crippen molar-refractivity contribution in [2.24, 2.45) is 0 Å². The number of fused-ring (bicyclic) bond motifs is 1. The molecule has 1 N–H and O–H groups in total. The molecule has 0 heterocycles. The maximum atomic E-state index is 13.4. The number of ether oxygens (including phenoxy) is 1. The number of methoxy groups -OCH3 is 1. The summed E-state index contributed by atoms with van der Waals surface area (Å²) in [6, 6.07) is 9.94. The largest absolute Gasteiger partial charge is 0.496 e. The van der Waals surface area contributed by atoms with E-state index in [0.717, 1.165) is 22.9 Å². The summed E-state index contributed by atoms with van der Waals surface area (Å²) < 4.78 is 19.6. The van der Waals surface area contributed by atoms with Gasteiger partial charge in [-0.05, 0) is 54.3 Å². The molecule has 0 bridgehead atoms. The zero-order valence-corrected chi connectivity index (χ0v) is 13.6. The minimum atomic E-state index is -0.457. The lowest BCUT2D eigenvalue weighted by molar-refractivity contribution is 0.0933. The predicted octanol–water partition coefficient (Wildman–Crippen LogP) is 4.01. The Morgan fingerprint density at radius 2 is 2.14 bits per heavy atom. The molecule has 1 amide bonds. The second-order valence-corrected chi connectivity index (χ2v) is 6.17. The molecule has 0 fully saturated rings. The van der Waals surface area contributed by atoms with Crippen molar-refractivity contribution in [2.75, 3.05) is 7.11 Å². The van der Waals surface area contributed by atoms with Crippen LogP contribution in [0.2, 0.25) is 0 Å². The SMILES string of the molecule is COc1ccc(F)cc1C(=O)NC1CCc2cc(Br)ccc21. The van der Waals surface area contributed by atoms with Crippen LogP contribution in [0, 0.1) is 5.82 Å². The third kappa shape index (κ3) is 2.86. The maximum absolute atomic E-state index is 13.4. The molecule has 0 aromatic heterocycles. The first kappa shape index (κ1) is 15.0. The summed E-state index contributed by atoms with van der Waals surface area (Å²) in [7, 11) is 1.46. The van der Waals surface area contributed by atoms with Crippen molar-refractivity contribution < 1.29 is 13.9 Å². The lowest BCUT2D eigenvalue weighted by atomic mass is 10.1. The Morgan fingerprint density at radius 3 is 2.91 bits per heavy atom. The van der Waals surface area contributed by atoms with E-state index in [1.54, 1.807) is 0 Å². The van der Waals surface area contributed by atoms with Gasteiger partial charge in [-0.1, -0.05) is 22.0 Å². The van der Waals surface area contributed by atoms with Gasteiger partial charge in [0.15, 0.2) is 0 Å². The summed E-state index contributed by atoms with van der Waals surface area (Å²) in [6.45, 7) is 0. The van der Waals surface area contributed by atoms with Crippen molar-refractivity contribution in [1.29, 1.82) is 0 Å². The smallest absolute Gasteiger partial charge is 0.255 e. The fraction of sp³-hybridized carbons (Fsp3) is 0.235. The lowest BCUT2D eigenvalue weighted by Crippen LogP contribution is -2.27. The van der Waals surface area contributed by atoms with E-state index >= 15 is 0 Å². The van der Waals surface area contributed by atoms with Crippen molar-refractivity contribution in [3.05, 3.63) is 63.4 Å². The molecule has 0 radical (unpaired) electrons. The van der Waals surface area contributed by atoms with Crippen LogP contribution in [-0.2, 0) is 6.42 Å². The second-order valence-electron chi connectivity index (χ2n) is 5.25. The van der Waals surface area contributed by atoms with E-state index in [9.17, 15) is 9.18 Å². The average molecular weight is 364 g/mol. The summed E-state index contributed by atoms with van der Waals surface area (Å²) in [5.74, 6) is -0.410. The number of hydrogen-bond acceptors (Lipinski definition) is 2. The lowest BCUT2D eigenvalue weighted by Gasteiger charge is -2.15. The van der Waals surface area contributed by atoms with E-state index in [1.165, 1.54) is 30.9 Å². The molecule has 1 unspecified atom stereocenters. The molecule has 0 aliphatic heterocycles. The van der Waals surface area contributed by atoms with E-state index < -0.39 is 5.82 Å². The minimum Gasteiger partial charge on any atom is -0.496 e. The molecule has 1 aliphatic carbocycles. The molecule has 0 saturated heterocycles. The number of nitrogens with one attached hydrogen (secondary N) is 1. The van der Waals surface area contributed by atoms with Crippen LogP contribution in [0.4, 0.5) is 4.39 Å². The van der Waals surface area contributed by atoms with E-state index in [4.69, 9.17) is 4.74 Å². The van der Waals surface area contributed by atoms with Crippen LogP contribution in [0.25, 0.3) is 0 Å². The first-order valence-electron chi connectivity index (χ1n) is 7.01. The van der Waals surface area contributed by atoms with Crippen molar-refractivity contribution >= 4 is 21.8 Å². The van der Waals surface area contributed by atoms with Crippen molar-refractivity contribution in [2.45, 2.75) is 18.9 Å². The summed E-state index contributed by atoms with van der Waals surface area (Å²) in [4.78, 5) is 12.4. The summed E-state index contributed by atoms with van der Waals surface area (Å²) in [6.07, 6.45) is 1.76. The van der Waals surface area contributed by atoms with Crippen LogP contribution >= 0.6 is 15.9 Å². The monoisotopic (exact) mass is 363 g/mol. The van der Waals surface area contributed by atoms with Gasteiger partial charge in [0.2, 0.25) is 0 Å². The Bertz CT molecular complexity index is 733. The third-order valence-electron chi connectivity index (χ3n) is 3.89. The quantitative estimate of drug-likeness (QED) is 0.894. The molecule has 3 nitrogen and oxygen atoms in total. The van der Waals surface area contributed by atoms with Gasteiger partial charge in [0.05, 0.1) is 18.7 Å². The second kappa shape index (κ2) is 6.08. The van der Waals surface area contributed by atoms with Crippen molar-refractivity contribution in [1.82, 2.24) is 5.32 Å². The molecule has 1 aliphatic rings. The molecule has 5 heteroatoms. The summed E-state index contributed by atoms with van der Waals surface area (Å²) in [5.41, 5.74) is 2.56. The Hall–Kier alpha value is -1.88. The number of halogens is 2. The van der Waals surface area contributed by atoms with Crippen LogP contribution in [-0.4, -0.2) is 13.0 Å². The molecule has 2 aromatic carbocycles. The predicted molar refractivity (Wildman–Crippen MR) is 85.6 cm³/mol. The van der Waals surface area contributed by atoms with Crippen LogP contribution in [0.3, 0.4) is 0 Å². The molecule has 22 heavy (non-hydrogen) atoms. The first-order chi connectivity index (χ1) is 10.6. The van der Waals surface area contributed by atoms with Gasteiger partial charge in [0.1, 0.15) is 11.6 Å². The Morgan fingerprint density at radius 1 is 1.32 bits per heavy atom. The Balaban J connectivity index is 1.83. The number of carbonyl (C=O) groups excluding carboxylic acids is 1. The fourth-order valence-corrected chi connectivity index (χ4v) is 3.24. The third-order valence-corrected chi connectivity index (χ3v) is 4.39. The average Bonchev–Trinajstić information content (AvgIpc) is 2.89. The highest BCUT2D eigenvalue weighted by atomic mass is 79.9. The van der Waals surface area contributed by atoms with Gasteiger partial charge in [0.25, 0.3) is 5.91 Å². The number of benzene rings is 2. The van der Waals surface area contributed by atoms with Gasteiger partial charge in [-0.25, -0.2) is 4.39 Å². The molecule has 0 saturated carbocycles. The van der Waals surface area contributed by atoms with E-state index in [1.807, 2.05) is 12.1 Å². The topological polar surface area (TPSA) is 38.3 Å². The highest BCUT2D eigenvalue weighted by Crippen LogP contribution is 2.33. The normalized spacial score (nSPS) is 16.2. The van der Waals surface area contributed by atoms with Gasteiger partial charge in [-0.2, -0.15) is 0 Å². The standard InChI is InChI=1S/C17H15BrFNO2/c1-22-16-7-4-12(19)9-14(16)17(21)20-15-6-2-10-8-11(18)3-5-13(10)15/h3-5,7-9,15H,2,6H2,1H3,(H,20,21). The number of amides is 1.